The molecule has 1 atom stereocenters. The van der Waals surface area contributed by atoms with Gasteiger partial charge in [-0.3, -0.25) is 9.59 Å². The molecular weight excluding hydrogens is 427 g/mol. The number of carbonyl (C=O) groups excluding carboxylic acids is 2. The lowest BCUT2D eigenvalue weighted by Crippen LogP contribution is -2.39. The molecule has 0 saturated heterocycles. The Kier molecular flexibility index (Phi) is 8.81. The Balaban J connectivity index is 2.02. The predicted octanol–water partition coefficient (Wildman–Crippen LogP) is 4.74. The van der Waals surface area contributed by atoms with Crippen LogP contribution >= 0.6 is 23.2 Å². The molecule has 2 aromatic rings. The van der Waals surface area contributed by atoms with Crippen LogP contribution in [0.3, 0.4) is 0 Å². The summed E-state index contributed by atoms with van der Waals surface area (Å²) in [6.07, 6.45) is 0. The molecule has 0 aliphatic carbocycles. The second kappa shape index (κ2) is 11.1. The SMILES string of the molecule is CCOc1ccc(C(=O)NCC(=O)N(C)C(C)c2ccc(Cl)cc2Cl)cc1OCC. The van der Waals surface area contributed by atoms with Gasteiger partial charge < -0.3 is 19.7 Å². The number of carbonyl (C=O) groups is 2. The monoisotopic (exact) mass is 452 g/mol. The average molecular weight is 453 g/mol. The number of hydrogen-bond acceptors (Lipinski definition) is 4. The second-order valence-corrected chi connectivity index (χ2v) is 7.40. The van der Waals surface area contributed by atoms with Gasteiger partial charge in [0.1, 0.15) is 0 Å². The molecule has 0 aromatic heterocycles. The van der Waals surface area contributed by atoms with Crippen molar-refractivity contribution in [3.8, 4) is 11.5 Å². The molecule has 0 bridgehead atoms. The second-order valence-electron chi connectivity index (χ2n) is 6.56. The van der Waals surface area contributed by atoms with E-state index in [1.807, 2.05) is 20.8 Å². The number of rotatable bonds is 9. The summed E-state index contributed by atoms with van der Waals surface area (Å²) in [7, 11) is 1.66. The van der Waals surface area contributed by atoms with Crippen molar-refractivity contribution in [3.63, 3.8) is 0 Å². The van der Waals surface area contributed by atoms with Crippen LogP contribution in [0.1, 0.15) is 42.7 Å². The first-order chi connectivity index (χ1) is 14.3. The molecule has 1 N–H and O–H groups in total. The van der Waals surface area contributed by atoms with Gasteiger partial charge in [0, 0.05) is 22.7 Å². The Morgan fingerprint density at radius 2 is 1.70 bits per heavy atom. The first-order valence-corrected chi connectivity index (χ1v) is 10.4. The Morgan fingerprint density at radius 1 is 1.03 bits per heavy atom. The average Bonchev–Trinajstić information content (AvgIpc) is 2.72. The fourth-order valence-corrected chi connectivity index (χ4v) is 3.41. The van der Waals surface area contributed by atoms with Crippen molar-refractivity contribution in [2.45, 2.75) is 26.8 Å². The fraction of sp³-hybridized carbons (Fsp3) is 0.364. The highest BCUT2D eigenvalue weighted by molar-refractivity contribution is 6.35. The Hall–Kier alpha value is -2.44. The van der Waals surface area contributed by atoms with E-state index in [4.69, 9.17) is 32.7 Å². The summed E-state index contributed by atoms with van der Waals surface area (Å²) in [5, 5.41) is 3.66. The molecule has 0 spiro atoms. The van der Waals surface area contributed by atoms with Crippen LogP contribution in [0.5, 0.6) is 11.5 Å². The van der Waals surface area contributed by atoms with E-state index in [1.165, 1.54) is 4.90 Å². The summed E-state index contributed by atoms with van der Waals surface area (Å²) in [5.41, 5.74) is 1.15. The number of amides is 2. The number of nitrogens with one attached hydrogen (secondary N) is 1. The normalized spacial score (nSPS) is 11.5. The van der Waals surface area contributed by atoms with Gasteiger partial charge in [-0.05, 0) is 56.7 Å². The fourth-order valence-electron chi connectivity index (χ4n) is 2.84. The van der Waals surface area contributed by atoms with Crippen LogP contribution < -0.4 is 14.8 Å². The van der Waals surface area contributed by atoms with Gasteiger partial charge >= 0.3 is 0 Å². The Labute approximate surface area is 187 Å². The first kappa shape index (κ1) is 23.8. The number of likely N-dealkylation sites (N-methyl/N-ethyl adjacent to an activating group) is 1. The zero-order chi connectivity index (χ0) is 22.3. The minimum atomic E-state index is -0.377. The van der Waals surface area contributed by atoms with E-state index < -0.39 is 0 Å². The van der Waals surface area contributed by atoms with Crippen LogP contribution in [0.2, 0.25) is 10.0 Å². The Bertz CT molecular complexity index is 905. The van der Waals surface area contributed by atoms with Gasteiger partial charge in [0.25, 0.3) is 5.91 Å². The van der Waals surface area contributed by atoms with Gasteiger partial charge in [-0.15, -0.1) is 0 Å². The zero-order valence-electron chi connectivity index (χ0n) is 17.5. The lowest BCUT2D eigenvalue weighted by atomic mass is 10.1. The first-order valence-electron chi connectivity index (χ1n) is 9.66. The summed E-state index contributed by atoms with van der Waals surface area (Å²) in [5.74, 6) is 0.428. The third-order valence-electron chi connectivity index (χ3n) is 4.59. The predicted molar refractivity (Wildman–Crippen MR) is 119 cm³/mol. The van der Waals surface area contributed by atoms with E-state index in [0.29, 0.717) is 40.3 Å². The molecule has 0 aliphatic heterocycles. The minimum Gasteiger partial charge on any atom is -0.490 e. The molecule has 2 rings (SSSR count). The van der Waals surface area contributed by atoms with Crippen LogP contribution in [-0.2, 0) is 4.79 Å². The molecule has 162 valence electrons. The number of benzene rings is 2. The molecule has 0 aliphatic rings. The van der Waals surface area contributed by atoms with Crippen molar-refractivity contribution in [2.24, 2.45) is 0 Å². The van der Waals surface area contributed by atoms with E-state index in [0.717, 1.165) is 5.56 Å². The summed E-state index contributed by atoms with van der Waals surface area (Å²) < 4.78 is 11.0. The van der Waals surface area contributed by atoms with Crippen molar-refractivity contribution in [1.82, 2.24) is 10.2 Å². The van der Waals surface area contributed by atoms with Gasteiger partial charge in [-0.2, -0.15) is 0 Å². The van der Waals surface area contributed by atoms with Crippen molar-refractivity contribution in [2.75, 3.05) is 26.8 Å². The largest absolute Gasteiger partial charge is 0.490 e. The minimum absolute atomic E-state index is 0.151. The van der Waals surface area contributed by atoms with Gasteiger partial charge in [0.15, 0.2) is 11.5 Å². The molecule has 6 nitrogen and oxygen atoms in total. The molecule has 30 heavy (non-hydrogen) atoms. The Morgan fingerprint density at radius 3 is 2.33 bits per heavy atom. The maximum Gasteiger partial charge on any atom is 0.251 e. The standard InChI is InChI=1S/C22H26Cl2N2O4/c1-5-29-19-10-7-15(11-20(19)30-6-2)22(28)25-13-21(27)26(4)14(3)17-9-8-16(23)12-18(17)24/h7-12,14H,5-6,13H2,1-4H3,(H,25,28). The molecule has 8 heteroatoms. The van der Waals surface area contributed by atoms with Crippen LogP contribution in [-0.4, -0.2) is 43.5 Å². The van der Waals surface area contributed by atoms with E-state index in [-0.39, 0.29) is 24.4 Å². The maximum absolute atomic E-state index is 12.6. The molecule has 0 fully saturated rings. The summed E-state index contributed by atoms with van der Waals surface area (Å²) in [4.78, 5) is 26.6. The van der Waals surface area contributed by atoms with E-state index in [2.05, 4.69) is 5.32 Å². The third kappa shape index (κ3) is 6.03. The number of hydrogen-bond donors (Lipinski definition) is 1. The number of nitrogens with zero attached hydrogens (tertiary/aromatic N) is 1. The lowest BCUT2D eigenvalue weighted by molar-refractivity contribution is -0.130. The molecule has 2 aromatic carbocycles. The molecule has 0 heterocycles. The van der Waals surface area contributed by atoms with Crippen LogP contribution in [0.4, 0.5) is 0 Å². The highest BCUT2D eigenvalue weighted by Gasteiger charge is 2.20. The van der Waals surface area contributed by atoms with Gasteiger partial charge in [0.2, 0.25) is 5.91 Å². The van der Waals surface area contributed by atoms with Crippen molar-refractivity contribution < 1.29 is 19.1 Å². The van der Waals surface area contributed by atoms with E-state index in [9.17, 15) is 9.59 Å². The highest BCUT2D eigenvalue weighted by Crippen LogP contribution is 2.30. The summed E-state index contributed by atoms with van der Waals surface area (Å²) >= 11 is 12.2. The quantitative estimate of drug-likeness (QED) is 0.596. The van der Waals surface area contributed by atoms with Crippen LogP contribution in [0, 0.1) is 0 Å². The van der Waals surface area contributed by atoms with Gasteiger partial charge in [0.05, 0.1) is 25.8 Å². The maximum atomic E-state index is 12.6. The number of halogens is 2. The van der Waals surface area contributed by atoms with E-state index >= 15 is 0 Å². The molecule has 0 saturated carbocycles. The van der Waals surface area contributed by atoms with Gasteiger partial charge in [-0.1, -0.05) is 29.3 Å². The molecular formula is C22H26Cl2N2O4. The van der Waals surface area contributed by atoms with Crippen molar-refractivity contribution >= 4 is 35.0 Å². The summed E-state index contributed by atoms with van der Waals surface area (Å²) in [6.45, 7) is 6.36. The van der Waals surface area contributed by atoms with Gasteiger partial charge in [-0.25, -0.2) is 0 Å². The lowest BCUT2D eigenvalue weighted by Gasteiger charge is -2.26. The topological polar surface area (TPSA) is 67.9 Å². The molecule has 2 amide bonds. The molecule has 0 radical (unpaired) electrons. The highest BCUT2D eigenvalue weighted by atomic mass is 35.5. The number of ether oxygens (including phenoxy) is 2. The van der Waals surface area contributed by atoms with E-state index in [1.54, 1.807) is 43.4 Å². The summed E-state index contributed by atoms with van der Waals surface area (Å²) in [6, 6.07) is 9.78. The van der Waals surface area contributed by atoms with Crippen LogP contribution in [0.25, 0.3) is 0 Å². The third-order valence-corrected chi connectivity index (χ3v) is 5.16. The van der Waals surface area contributed by atoms with Crippen molar-refractivity contribution in [3.05, 3.63) is 57.6 Å². The zero-order valence-corrected chi connectivity index (χ0v) is 19.0. The van der Waals surface area contributed by atoms with Crippen LogP contribution in [0.15, 0.2) is 36.4 Å². The van der Waals surface area contributed by atoms with Crippen molar-refractivity contribution in [1.29, 1.82) is 0 Å². The molecule has 1 unspecified atom stereocenters. The smallest absolute Gasteiger partial charge is 0.251 e.